The Balaban J connectivity index is 1.27. The molecule has 0 spiro atoms. The topological polar surface area (TPSA) is 9.23 Å². The first-order valence-corrected chi connectivity index (χ1v) is 13.4. The minimum Gasteiger partial charge on any atom is -0.462 e. The summed E-state index contributed by atoms with van der Waals surface area (Å²) in [5, 5.41) is 0. The van der Waals surface area contributed by atoms with Crippen molar-refractivity contribution in [3.63, 3.8) is 0 Å². The molecule has 2 saturated carbocycles. The molecule has 2 fully saturated rings. The molecule has 0 aliphatic heterocycles. The monoisotopic (exact) mass is 466 g/mol. The van der Waals surface area contributed by atoms with E-state index in [0.29, 0.717) is 11.5 Å². The fourth-order valence-electron chi connectivity index (χ4n) is 6.26. The molecule has 3 heteroatoms. The van der Waals surface area contributed by atoms with Crippen LogP contribution in [-0.2, 0) is 6.42 Å². The van der Waals surface area contributed by atoms with Gasteiger partial charge in [-0.15, -0.1) is 0 Å². The number of hydrogen-bond donors (Lipinski definition) is 0. The van der Waals surface area contributed by atoms with Crippen LogP contribution in [0.4, 0.5) is 8.78 Å². The fourth-order valence-corrected chi connectivity index (χ4v) is 6.26. The average molecular weight is 467 g/mol. The van der Waals surface area contributed by atoms with E-state index in [2.05, 4.69) is 31.2 Å². The van der Waals surface area contributed by atoms with E-state index in [9.17, 15) is 8.78 Å². The Labute approximate surface area is 204 Å². The zero-order chi connectivity index (χ0) is 23.9. The summed E-state index contributed by atoms with van der Waals surface area (Å²) in [6, 6.07) is 12.7. The molecule has 0 atom stereocenters. The third-order valence-electron chi connectivity index (χ3n) is 8.33. The average Bonchev–Trinajstić information content (AvgIpc) is 2.89. The number of allylic oxidation sites excluding steroid dienone is 1. The van der Waals surface area contributed by atoms with Gasteiger partial charge in [0.2, 0.25) is 5.82 Å². The molecule has 2 aliphatic carbocycles. The predicted molar refractivity (Wildman–Crippen MR) is 136 cm³/mol. The van der Waals surface area contributed by atoms with Crippen molar-refractivity contribution in [2.45, 2.75) is 96.3 Å². The van der Waals surface area contributed by atoms with Gasteiger partial charge in [0.1, 0.15) is 0 Å². The van der Waals surface area contributed by atoms with Crippen LogP contribution in [0.1, 0.15) is 107 Å². The number of aryl methyl sites for hydroxylation is 1. The van der Waals surface area contributed by atoms with E-state index in [1.54, 1.807) is 25.1 Å². The number of hydrogen-bond acceptors (Lipinski definition) is 1. The van der Waals surface area contributed by atoms with Crippen molar-refractivity contribution < 1.29 is 13.5 Å². The van der Waals surface area contributed by atoms with Gasteiger partial charge in [-0.1, -0.05) is 49.8 Å². The Morgan fingerprint density at radius 2 is 1.41 bits per heavy atom. The molecule has 34 heavy (non-hydrogen) atoms. The second-order valence-corrected chi connectivity index (χ2v) is 10.4. The Morgan fingerprint density at radius 1 is 0.794 bits per heavy atom. The lowest BCUT2D eigenvalue weighted by Crippen LogP contribution is -2.25. The van der Waals surface area contributed by atoms with Crippen LogP contribution in [0.15, 0.2) is 48.7 Å². The lowest BCUT2D eigenvalue weighted by atomic mass is 9.67. The molecule has 0 N–H and O–H groups in total. The number of unbranched alkanes of at least 4 members (excludes halogenated alkanes) is 1. The van der Waals surface area contributed by atoms with Gasteiger partial charge in [0.05, 0.1) is 6.26 Å². The lowest BCUT2D eigenvalue weighted by Gasteiger charge is -2.38. The van der Waals surface area contributed by atoms with Gasteiger partial charge in [0, 0.05) is 0 Å². The van der Waals surface area contributed by atoms with Crippen LogP contribution >= 0.6 is 0 Å². The van der Waals surface area contributed by atoms with E-state index in [1.807, 2.05) is 0 Å². The van der Waals surface area contributed by atoms with E-state index < -0.39 is 11.6 Å². The molecule has 184 valence electrons. The minimum absolute atomic E-state index is 0.0413. The van der Waals surface area contributed by atoms with E-state index in [1.165, 1.54) is 62.3 Å². The van der Waals surface area contributed by atoms with Crippen LogP contribution in [0.5, 0.6) is 5.75 Å². The highest BCUT2D eigenvalue weighted by Crippen LogP contribution is 2.46. The van der Waals surface area contributed by atoms with Gasteiger partial charge in [0.15, 0.2) is 11.6 Å². The SMILES string of the molecule is C/C=C/Oc1ccc(C2CCC(C3CCC(c4ccc(CCCC)cc4)CC3)CC2)c(F)c1F. The van der Waals surface area contributed by atoms with Crippen LogP contribution < -0.4 is 4.74 Å². The molecule has 0 radical (unpaired) electrons. The summed E-state index contributed by atoms with van der Waals surface area (Å²) in [5.74, 6) is 0.705. The summed E-state index contributed by atoms with van der Waals surface area (Å²) in [6.07, 6.45) is 16.1. The molecule has 0 amide bonds. The van der Waals surface area contributed by atoms with Crippen LogP contribution in [0.25, 0.3) is 0 Å². The molecule has 1 nitrogen and oxygen atoms in total. The van der Waals surface area contributed by atoms with Crippen molar-refractivity contribution in [1.82, 2.24) is 0 Å². The highest BCUT2D eigenvalue weighted by atomic mass is 19.2. The predicted octanol–water partition coefficient (Wildman–Crippen LogP) is 9.47. The molecule has 2 aromatic rings. The number of benzene rings is 2. The second kappa shape index (κ2) is 12.0. The van der Waals surface area contributed by atoms with E-state index in [0.717, 1.165) is 37.5 Å². The fraction of sp³-hybridized carbons (Fsp3) is 0.548. The normalized spacial score (nSPS) is 25.5. The van der Waals surface area contributed by atoms with Gasteiger partial charge in [-0.25, -0.2) is 4.39 Å². The van der Waals surface area contributed by atoms with Crippen molar-refractivity contribution in [1.29, 1.82) is 0 Å². The van der Waals surface area contributed by atoms with Crippen LogP contribution in [0, 0.1) is 23.5 Å². The Kier molecular flexibility index (Phi) is 8.80. The maximum atomic E-state index is 14.7. The van der Waals surface area contributed by atoms with Gasteiger partial charge in [-0.3, -0.25) is 0 Å². The van der Waals surface area contributed by atoms with Gasteiger partial charge >= 0.3 is 0 Å². The molecule has 0 unspecified atom stereocenters. The van der Waals surface area contributed by atoms with E-state index in [-0.39, 0.29) is 11.7 Å². The number of halogens is 2. The minimum atomic E-state index is -0.866. The highest BCUT2D eigenvalue weighted by Gasteiger charge is 2.33. The maximum absolute atomic E-state index is 14.7. The number of ether oxygens (including phenoxy) is 1. The highest BCUT2D eigenvalue weighted by molar-refractivity contribution is 5.34. The standard InChI is InChI=1S/C31H40F2O/c1-3-5-6-22-7-9-23(10-8-22)24-11-13-25(14-12-24)26-15-17-27(18-16-26)28-19-20-29(34-21-4-2)31(33)30(28)32/h4,7-10,19-21,24-27H,3,5-6,11-18H2,1-2H3/b21-4+. The third-order valence-corrected chi connectivity index (χ3v) is 8.33. The summed E-state index contributed by atoms with van der Waals surface area (Å²) >= 11 is 0. The van der Waals surface area contributed by atoms with Gasteiger partial charge in [-0.05, 0) is 118 Å². The Bertz CT molecular complexity index is 933. The zero-order valence-corrected chi connectivity index (χ0v) is 20.9. The Hall–Kier alpha value is -2.16. The first-order valence-electron chi connectivity index (χ1n) is 13.4. The molecular weight excluding hydrogens is 426 g/mol. The quantitative estimate of drug-likeness (QED) is 0.352. The number of rotatable bonds is 8. The largest absolute Gasteiger partial charge is 0.462 e. The summed E-state index contributed by atoms with van der Waals surface area (Å²) in [5.41, 5.74) is 3.50. The van der Waals surface area contributed by atoms with Crippen LogP contribution in [0.3, 0.4) is 0 Å². The van der Waals surface area contributed by atoms with Crippen molar-refractivity contribution in [3.05, 3.63) is 77.1 Å². The van der Waals surface area contributed by atoms with E-state index >= 15 is 0 Å². The molecule has 2 aliphatic rings. The summed E-state index contributed by atoms with van der Waals surface area (Å²) < 4.78 is 34.3. The molecule has 0 saturated heterocycles. The molecule has 2 aromatic carbocycles. The van der Waals surface area contributed by atoms with Gasteiger partial charge in [0.25, 0.3) is 0 Å². The summed E-state index contributed by atoms with van der Waals surface area (Å²) in [4.78, 5) is 0. The van der Waals surface area contributed by atoms with E-state index in [4.69, 9.17) is 4.74 Å². The van der Waals surface area contributed by atoms with Crippen molar-refractivity contribution >= 4 is 0 Å². The second-order valence-electron chi connectivity index (χ2n) is 10.4. The van der Waals surface area contributed by atoms with Crippen LogP contribution in [0.2, 0.25) is 0 Å². The smallest absolute Gasteiger partial charge is 0.201 e. The molecule has 0 bridgehead atoms. The van der Waals surface area contributed by atoms with Gasteiger partial charge in [-0.2, -0.15) is 4.39 Å². The van der Waals surface area contributed by atoms with Crippen LogP contribution in [-0.4, -0.2) is 0 Å². The molecule has 0 heterocycles. The molecular formula is C31H40F2O. The Morgan fingerprint density at radius 3 is 2.00 bits per heavy atom. The summed E-state index contributed by atoms with van der Waals surface area (Å²) in [7, 11) is 0. The summed E-state index contributed by atoms with van der Waals surface area (Å²) in [6.45, 7) is 4.02. The molecule has 0 aromatic heterocycles. The third kappa shape index (κ3) is 5.90. The first-order chi connectivity index (χ1) is 16.6. The maximum Gasteiger partial charge on any atom is 0.201 e. The lowest BCUT2D eigenvalue weighted by molar-refractivity contribution is 0.176. The van der Waals surface area contributed by atoms with Crippen molar-refractivity contribution in [2.24, 2.45) is 11.8 Å². The zero-order valence-electron chi connectivity index (χ0n) is 20.9. The van der Waals surface area contributed by atoms with Crippen molar-refractivity contribution in [3.8, 4) is 5.75 Å². The van der Waals surface area contributed by atoms with Crippen molar-refractivity contribution in [2.75, 3.05) is 0 Å². The first kappa shape index (κ1) is 24.9. The molecule has 4 rings (SSSR count). The van der Waals surface area contributed by atoms with Gasteiger partial charge < -0.3 is 4.74 Å².